The van der Waals surface area contributed by atoms with Crippen LogP contribution in [0.5, 0.6) is 0 Å². The molecule has 0 spiro atoms. The summed E-state index contributed by atoms with van der Waals surface area (Å²) < 4.78 is 0. The molecule has 4 rings (SSSR count). The molecular weight excluding hydrogens is 388 g/mol. The average molecular weight is 412 g/mol. The highest BCUT2D eigenvalue weighted by Gasteiger charge is 2.21. The van der Waals surface area contributed by atoms with Gasteiger partial charge in [0.05, 0.1) is 0 Å². The fourth-order valence-corrected chi connectivity index (χ4v) is 3.44. The molecule has 4 N–H and O–H groups in total. The van der Waals surface area contributed by atoms with E-state index in [0.717, 1.165) is 33.4 Å². The van der Waals surface area contributed by atoms with Crippen LogP contribution in [-0.2, 0) is 4.79 Å². The Morgan fingerprint density at radius 1 is 0.871 bits per heavy atom. The standard InChI is InChI=1S/C25H24N4O2/c1-16-8-10-19(11-9-16)28-25(31)23(17-6-4-3-5-7-17)27-20-12-13-21-18(14-20)15-22(29-21)24(30)26-2/h3-15,23,27,29H,1-2H3,(H,26,30)(H,28,31). The fourth-order valence-electron chi connectivity index (χ4n) is 3.44. The lowest BCUT2D eigenvalue weighted by atomic mass is 10.1. The minimum atomic E-state index is -0.586. The highest BCUT2D eigenvalue weighted by molar-refractivity contribution is 5.99. The summed E-state index contributed by atoms with van der Waals surface area (Å²) in [7, 11) is 1.60. The minimum absolute atomic E-state index is 0.157. The van der Waals surface area contributed by atoms with Gasteiger partial charge in [-0.05, 0) is 48.9 Å². The first-order valence-electron chi connectivity index (χ1n) is 10.1. The van der Waals surface area contributed by atoms with E-state index >= 15 is 0 Å². The Hall–Kier alpha value is -4.06. The maximum Gasteiger partial charge on any atom is 0.267 e. The molecule has 6 heteroatoms. The molecule has 0 saturated heterocycles. The second kappa shape index (κ2) is 8.75. The summed E-state index contributed by atoms with van der Waals surface area (Å²) in [5.74, 6) is -0.333. The number of aromatic nitrogens is 1. The number of carbonyl (C=O) groups excluding carboxylic acids is 2. The highest BCUT2D eigenvalue weighted by atomic mass is 16.2. The van der Waals surface area contributed by atoms with Gasteiger partial charge in [0, 0.05) is 29.3 Å². The molecule has 0 bridgehead atoms. The Morgan fingerprint density at radius 3 is 2.29 bits per heavy atom. The van der Waals surface area contributed by atoms with Gasteiger partial charge in [0.25, 0.3) is 11.8 Å². The lowest BCUT2D eigenvalue weighted by Crippen LogP contribution is -2.27. The monoisotopic (exact) mass is 412 g/mol. The molecule has 0 radical (unpaired) electrons. The number of aromatic amines is 1. The zero-order valence-electron chi connectivity index (χ0n) is 17.4. The average Bonchev–Trinajstić information content (AvgIpc) is 3.22. The van der Waals surface area contributed by atoms with Crippen molar-refractivity contribution in [1.29, 1.82) is 0 Å². The van der Waals surface area contributed by atoms with Crippen LogP contribution in [0, 0.1) is 6.92 Å². The second-order valence-corrected chi connectivity index (χ2v) is 7.41. The van der Waals surface area contributed by atoms with Gasteiger partial charge in [-0.1, -0.05) is 48.0 Å². The van der Waals surface area contributed by atoms with Crippen LogP contribution in [0.4, 0.5) is 11.4 Å². The van der Waals surface area contributed by atoms with E-state index < -0.39 is 6.04 Å². The summed E-state index contributed by atoms with van der Waals surface area (Å²) in [5, 5.41) is 9.83. The minimum Gasteiger partial charge on any atom is -0.370 e. The zero-order chi connectivity index (χ0) is 21.8. The second-order valence-electron chi connectivity index (χ2n) is 7.41. The molecule has 6 nitrogen and oxygen atoms in total. The van der Waals surface area contributed by atoms with Gasteiger partial charge in [0.15, 0.2) is 0 Å². The van der Waals surface area contributed by atoms with Gasteiger partial charge in [-0.25, -0.2) is 0 Å². The predicted octanol–water partition coefficient (Wildman–Crippen LogP) is 4.63. The van der Waals surface area contributed by atoms with Crippen LogP contribution in [0.1, 0.15) is 27.7 Å². The molecular formula is C25H24N4O2. The number of hydrogen-bond donors (Lipinski definition) is 4. The van der Waals surface area contributed by atoms with E-state index in [0.29, 0.717) is 5.69 Å². The van der Waals surface area contributed by atoms with Crippen LogP contribution in [0.25, 0.3) is 10.9 Å². The van der Waals surface area contributed by atoms with Crippen molar-refractivity contribution < 1.29 is 9.59 Å². The Bertz CT molecular complexity index is 1210. The quantitative estimate of drug-likeness (QED) is 0.372. The number of amides is 2. The number of anilines is 2. The number of fused-ring (bicyclic) bond motifs is 1. The number of aryl methyl sites for hydroxylation is 1. The number of benzene rings is 3. The van der Waals surface area contributed by atoms with E-state index in [1.165, 1.54) is 0 Å². The molecule has 3 aromatic carbocycles. The first-order valence-corrected chi connectivity index (χ1v) is 10.1. The van der Waals surface area contributed by atoms with Crippen molar-refractivity contribution in [3.8, 4) is 0 Å². The Labute approximate surface area is 180 Å². The molecule has 1 unspecified atom stereocenters. The lowest BCUT2D eigenvalue weighted by Gasteiger charge is -2.20. The molecule has 4 aromatic rings. The molecule has 1 aromatic heterocycles. The van der Waals surface area contributed by atoms with E-state index in [-0.39, 0.29) is 11.8 Å². The Morgan fingerprint density at radius 2 is 1.58 bits per heavy atom. The van der Waals surface area contributed by atoms with Gasteiger partial charge in [0.1, 0.15) is 11.7 Å². The molecule has 0 aliphatic rings. The fraction of sp³-hybridized carbons (Fsp3) is 0.120. The molecule has 0 aliphatic heterocycles. The number of nitrogens with one attached hydrogen (secondary N) is 4. The molecule has 1 atom stereocenters. The van der Waals surface area contributed by atoms with Crippen LogP contribution in [0.3, 0.4) is 0 Å². The van der Waals surface area contributed by atoms with E-state index in [4.69, 9.17) is 0 Å². The largest absolute Gasteiger partial charge is 0.370 e. The van der Waals surface area contributed by atoms with Crippen LogP contribution >= 0.6 is 0 Å². The molecule has 31 heavy (non-hydrogen) atoms. The Kier molecular flexibility index (Phi) is 5.71. The van der Waals surface area contributed by atoms with E-state index in [2.05, 4.69) is 20.9 Å². The summed E-state index contributed by atoms with van der Waals surface area (Å²) in [6.07, 6.45) is 0. The van der Waals surface area contributed by atoms with Gasteiger partial charge in [-0.15, -0.1) is 0 Å². The molecule has 0 aliphatic carbocycles. The first-order chi connectivity index (χ1) is 15.0. The van der Waals surface area contributed by atoms with E-state index in [1.54, 1.807) is 13.1 Å². The normalized spacial score (nSPS) is 11.7. The molecule has 2 amide bonds. The topological polar surface area (TPSA) is 86.0 Å². The van der Waals surface area contributed by atoms with Crippen molar-refractivity contribution in [1.82, 2.24) is 10.3 Å². The van der Waals surface area contributed by atoms with Crippen molar-refractivity contribution in [2.45, 2.75) is 13.0 Å². The van der Waals surface area contributed by atoms with Crippen LogP contribution in [-0.4, -0.2) is 23.8 Å². The smallest absolute Gasteiger partial charge is 0.267 e. The summed E-state index contributed by atoms with van der Waals surface area (Å²) in [5.41, 5.74) is 4.85. The van der Waals surface area contributed by atoms with Gasteiger partial charge < -0.3 is 20.9 Å². The maximum atomic E-state index is 13.2. The number of hydrogen-bond acceptors (Lipinski definition) is 3. The maximum absolute atomic E-state index is 13.2. The van der Waals surface area contributed by atoms with Crippen LogP contribution in [0.15, 0.2) is 78.9 Å². The van der Waals surface area contributed by atoms with Gasteiger partial charge in [0.2, 0.25) is 0 Å². The van der Waals surface area contributed by atoms with E-state index in [9.17, 15) is 9.59 Å². The predicted molar refractivity (Wildman–Crippen MR) is 124 cm³/mol. The molecule has 0 fully saturated rings. The van der Waals surface area contributed by atoms with Crippen molar-refractivity contribution >= 4 is 34.1 Å². The van der Waals surface area contributed by atoms with Crippen molar-refractivity contribution in [2.75, 3.05) is 17.7 Å². The molecule has 0 saturated carbocycles. The van der Waals surface area contributed by atoms with E-state index in [1.807, 2.05) is 79.7 Å². The molecule has 1 heterocycles. The van der Waals surface area contributed by atoms with Crippen molar-refractivity contribution in [2.24, 2.45) is 0 Å². The van der Waals surface area contributed by atoms with Crippen molar-refractivity contribution in [3.05, 3.63) is 95.7 Å². The third-order valence-electron chi connectivity index (χ3n) is 5.12. The van der Waals surface area contributed by atoms with Gasteiger partial charge in [-0.2, -0.15) is 0 Å². The summed E-state index contributed by atoms with van der Waals surface area (Å²) in [6.45, 7) is 2.01. The highest BCUT2D eigenvalue weighted by Crippen LogP contribution is 2.25. The third-order valence-corrected chi connectivity index (χ3v) is 5.12. The number of H-pyrrole nitrogens is 1. The zero-order valence-corrected chi connectivity index (χ0v) is 17.4. The summed E-state index contributed by atoms with van der Waals surface area (Å²) in [6, 6.07) is 24.2. The van der Waals surface area contributed by atoms with Crippen LogP contribution in [0.2, 0.25) is 0 Å². The third kappa shape index (κ3) is 4.59. The molecule has 156 valence electrons. The van der Waals surface area contributed by atoms with Crippen LogP contribution < -0.4 is 16.0 Å². The first kappa shape index (κ1) is 20.2. The summed E-state index contributed by atoms with van der Waals surface area (Å²) >= 11 is 0. The SMILES string of the molecule is CNC(=O)c1cc2cc(NC(C(=O)Nc3ccc(C)cc3)c3ccccc3)ccc2[nH]1. The summed E-state index contributed by atoms with van der Waals surface area (Å²) in [4.78, 5) is 28.2. The number of rotatable bonds is 6. The lowest BCUT2D eigenvalue weighted by molar-refractivity contribution is -0.117. The van der Waals surface area contributed by atoms with Gasteiger partial charge >= 0.3 is 0 Å². The van der Waals surface area contributed by atoms with Crippen molar-refractivity contribution in [3.63, 3.8) is 0 Å². The van der Waals surface area contributed by atoms with Gasteiger partial charge in [-0.3, -0.25) is 9.59 Å². The Balaban J connectivity index is 1.62. The number of carbonyl (C=O) groups is 2.